The van der Waals surface area contributed by atoms with Gasteiger partial charge in [0, 0.05) is 24.7 Å². The Hall–Kier alpha value is -3.55. The fraction of sp³-hybridized carbons (Fsp3) is 0.318. The number of ether oxygens (including phenoxy) is 3. The molecule has 0 unspecified atom stereocenters. The molecule has 0 aromatic heterocycles. The molecule has 0 saturated carbocycles. The predicted octanol–water partition coefficient (Wildman–Crippen LogP) is 3.62. The summed E-state index contributed by atoms with van der Waals surface area (Å²) >= 11 is 0. The second-order valence-corrected chi connectivity index (χ2v) is 6.72. The number of benzene rings is 2. The number of amides is 2. The zero-order valence-corrected chi connectivity index (χ0v) is 16.7. The molecular formula is C22H24N2O6. The third-order valence-corrected chi connectivity index (χ3v) is 4.62. The van der Waals surface area contributed by atoms with E-state index in [-0.39, 0.29) is 18.6 Å². The van der Waals surface area contributed by atoms with Crippen LogP contribution < -0.4 is 14.8 Å². The van der Waals surface area contributed by atoms with Crippen molar-refractivity contribution in [1.82, 2.24) is 10.2 Å². The van der Waals surface area contributed by atoms with Crippen LogP contribution in [0.4, 0.5) is 9.59 Å². The molecule has 1 fully saturated rings. The second-order valence-electron chi connectivity index (χ2n) is 6.72. The highest BCUT2D eigenvalue weighted by Gasteiger charge is 2.25. The van der Waals surface area contributed by atoms with E-state index in [2.05, 4.69) is 5.32 Å². The molecule has 8 nitrogen and oxygen atoms in total. The van der Waals surface area contributed by atoms with Gasteiger partial charge in [0.25, 0.3) is 5.91 Å². The molecule has 2 amide bonds. The van der Waals surface area contributed by atoms with Crippen molar-refractivity contribution in [2.45, 2.75) is 25.8 Å². The van der Waals surface area contributed by atoms with Crippen molar-refractivity contribution in [3.63, 3.8) is 0 Å². The minimum Gasteiger partial charge on any atom is -0.434 e. The van der Waals surface area contributed by atoms with E-state index >= 15 is 0 Å². The minimum absolute atomic E-state index is 0.0504. The lowest BCUT2D eigenvalue weighted by Gasteiger charge is -2.32. The third kappa shape index (κ3) is 5.97. The number of carbonyl (C=O) groups is 3. The summed E-state index contributed by atoms with van der Waals surface area (Å²) in [4.78, 5) is 37.8. The van der Waals surface area contributed by atoms with Crippen LogP contribution >= 0.6 is 0 Å². The van der Waals surface area contributed by atoms with Crippen molar-refractivity contribution in [3.8, 4) is 11.5 Å². The van der Waals surface area contributed by atoms with Crippen LogP contribution in [0.15, 0.2) is 54.6 Å². The number of hydrogen-bond donors (Lipinski definition) is 1. The van der Waals surface area contributed by atoms with E-state index < -0.39 is 12.2 Å². The number of likely N-dealkylation sites (tertiary alicyclic amines) is 1. The topological polar surface area (TPSA) is 94.2 Å². The molecule has 1 saturated heterocycles. The Morgan fingerprint density at radius 3 is 2.20 bits per heavy atom. The van der Waals surface area contributed by atoms with E-state index in [1.165, 1.54) is 0 Å². The number of piperidine rings is 1. The van der Waals surface area contributed by atoms with Crippen molar-refractivity contribution >= 4 is 18.2 Å². The summed E-state index contributed by atoms with van der Waals surface area (Å²) in [6, 6.07) is 15.1. The quantitative estimate of drug-likeness (QED) is 0.596. The maximum atomic E-state index is 12.7. The van der Waals surface area contributed by atoms with Crippen molar-refractivity contribution in [1.29, 1.82) is 0 Å². The van der Waals surface area contributed by atoms with Crippen LogP contribution in [0.5, 0.6) is 11.5 Å². The summed E-state index contributed by atoms with van der Waals surface area (Å²) < 4.78 is 14.9. The molecule has 158 valence electrons. The van der Waals surface area contributed by atoms with E-state index in [1.807, 2.05) is 6.07 Å². The van der Waals surface area contributed by atoms with E-state index in [4.69, 9.17) is 14.2 Å². The lowest BCUT2D eigenvalue weighted by molar-refractivity contribution is 0.0706. The molecule has 1 aliphatic rings. The monoisotopic (exact) mass is 412 g/mol. The Balaban J connectivity index is 1.45. The SMILES string of the molecule is CCOC(=O)Oc1ccc(C(=O)N2CCC(NC(=O)Oc3ccccc3)CC2)cc1. The Kier molecular flexibility index (Phi) is 7.26. The lowest BCUT2D eigenvalue weighted by atomic mass is 10.0. The molecule has 0 bridgehead atoms. The zero-order chi connectivity index (χ0) is 21.3. The van der Waals surface area contributed by atoms with Crippen LogP contribution in [0, 0.1) is 0 Å². The van der Waals surface area contributed by atoms with Gasteiger partial charge in [-0.3, -0.25) is 4.79 Å². The molecule has 0 radical (unpaired) electrons. The average molecular weight is 412 g/mol. The standard InChI is InChI=1S/C22H24N2O6/c1-2-28-22(27)30-19-10-8-16(9-11-19)20(25)24-14-12-17(13-15-24)23-21(26)29-18-6-4-3-5-7-18/h3-11,17H,2,12-15H2,1H3,(H,23,26). The molecule has 8 heteroatoms. The summed E-state index contributed by atoms with van der Waals surface area (Å²) in [5, 5.41) is 2.84. The molecule has 0 aliphatic carbocycles. The van der Waals surface area contributed by atoms with Crippen molar-refractivity contribution < 1.29 is 28.6 Å². The molecule has 1 heterocycles. The van der Waals surface area contributed by atoms with Gasteiger partial charge in [0.2, 0.25) is 0 Å². The highest BCUT2D eigenvalue weighted by Crippen LogP contribution is 2.18. The third-order valence-electron chi connectivity index (χ3n) is 4.62. The molecule has 3 rings (SSSR count). The molecule has 0 spiro atoms. The molecule has 1 N–H and O–H groups in total. The van der Waals surface area contributed by atoms with Gasteiger partial charge in [0.05, 0.1) is 6.61 Å². The fourth-order valence-corrected chi connectivity index (χ4v) is 3.11. The van der Waals surface area contributed by atoms with Gasteiger partial charge in [0.1, 0.15) is 11.5 Å². The maximum Gasteiger partial charge on any atom is 0.513 e. The number of carbonyl (C=O) groups excluding carboxylic acids is 3. The largest absolute Gasteiger partial charge is 0.513 e. The van der Waals surface area contributed by atoms with E-state index in [1.54, 1.807) is 60.4 Å². The highest BCUT2D eigenvalue weighted by molar-refractivity contribution is 5.94. The van der Waals surface area contributed by atoms with Gasteiger partial charge < -0.3 is 24.4 Å². The van der Waals surface area contributed by atoms with Gasteiger partial charge in [0.15, 0.2) is 0 Å². The first kappa shape index (κ1) is 21.2. The smallest absolute Gasteiger partial charge is 0.434 e. The van der Waals surface area contributed by atoms with Crippen LogP contribution in [-0.2, 0) is 4.74 Å². The minimum atomic E-state index is -0.781. The van der Waals surface area contributed by atoms with Gasteiger partial charge in [-0.15, -0.1) is 0 Å². The molecule has 1 aliphatic heterocycles. The van der Waals surface area contributed by atoms with E-state index in [0.29, 0.717) is 43.0 Å². The first-order chi connectivity index (χ1) is 14.5. The fourth-order valence-electron chi connectivity index (χ4n) is 3.11. The maximum absolute atomic E-state index is 12.7. The van der Waals surface area contributed by atoms with Crippen LogP contribution in [0.3, 0.4) is 0 Å². The number of nitrogens with zero attached hydrogens (tertiary/aromatic N) is 1. The zero-order valence-electron chi connectivity index (χ0n) is 16.7. The predicted molar refractivity (Wildman–Crippen MR) is 109 cm³/mol. The average Bonchev–Trinajstić information content (AvgIpc) is 2.75. The van der Waals surface area contributed by atoms with Gasteiger partial charge in [-0.25, -0.2) is 9.59 Å². The molecule has 2 aromatic rings. The van der Waals surface area contributed by atoms with Gasteiger partial charge in [-0.05, 0) is 56.2 Å². The Morgan fingerprint density at radius 1 is 0.933 bits per heavy atom. The van der Waals surface area contributed by atoms with Crippen LogP contribution in [-0.4, -0.2) is 48.8 Å². The number of nitrogens with one attached hydrogen (secondary N) is 1. The number of para-hydroxylation sites is 1. The molecule has 30 heavy (non-hydrogen) atoms. The van der Waals surface area contributed by atoms with Crippen LogP contribution in [0.25, 0.3) is 0 Å². The molecular weight excluding hydrogens is 388 g/mol. The van der Waals surface area contributed by atoms with Crippen molar-refractivity contribution in [2.24, 2.45) is 0 Å². The number of rotatable bonds is 5. The Labute approximate surface area is 174 Å². The second kappa shape index (κ2) is 10.3. The van der Waals surface area contributed by atoms with Gasteiger partial charge in [-0.2, -0.15) is 0 Å². The summed E-state index contributed by atoms with van der Waals surface area (Å²) in [6.07, 6.45) is -0.000532. The molecule has 0 atom stereocenters. The Morgan fingerprint density at radius 2 is 1.57 bits per heavy atom. The summed E-state index contributed by atoms with van der Waals surface area (Å²) in [7, 11) is 0. The van der Waals surface area contributed by atoms with Gasteiger partial charge in [-0.1, -0.05) is 18.2 Å². The lowest BCUT2D eigenvalue weighted by Crippen LogP contribution is -2.47. The summed E-state index contributed by atoms with van der Waals surface area (Å²) in [5.74, 6) is 0.686. The van der Waals surface area contributed by atoms with Gasteiger partial charge >= 0.3 is 12.2 Å². The van der Waals surface area contributed by atoms with Crippen molar-refractivity contribution in [2.75, 3.05) is 19.7 Å². The van der Waals surface area contributed by atoms with Crippen LogP contribution in [0.1, 0.15) is 30.1 Å². The highest BCUT2D eigenvalue weighted by atomic mass is 16.7. The first-order valence-electron chi connectivity index (χ1n) is 9.82. The Bertz CT molecular complexity index is 861. The van der Waals surface area contributed by atoms with Crippen molar-refractivity contribution in [3.05, 3.63) is 60.2 Å². The summed E-state index contributed by atoms with van der Waals surface area (Å²) in [5.41, 5.74) is 0.501. The van der Waals surface area contributed by atoms with E-state index in [0.717, 1.165) is 0 Å². The first-order valence-corrected chi connectivity index (χ1v) is 9.82. The van der Waals surface area contributed by atoms with E-state index in [9.17, 15) is 14.4 Å². The van der Waals surface area contributed by atoms with Crippen LogP contribution in [0.2, 0.25) is 0 Å². The molecule has 2 aromatic carbocycles. The summed E-state index contributed by atoms with van der Waals surface area (Å²) in [6.45, 7) is 2.96. The normalized spacial score (nSPS) is 14.0. The number of hydrogen-bond acceptors (Lipinski definition) is 6.